The fraction of sp³-hybridized carbons (Fsp3) is 0.588. The lowest BCUT2D eigenvalue weighted by atomic mass is 10.1. The van der Waals surface area contributed by atoms with Gasteiger partial charge in [-0.05, 0) is 55.8 Å². The van der Waals surface area contributed by atoms with Gasteiger partial charge in [0.05, 0.1) is 0 Å². The first-order valence-corrected chi connectivity index (χ1v) is 7.97. The Hall–Kier alpha value is -1.42. The molecular weight excluding hydrogens is 267 g/mol. The van der Waals surface area contributed by atoms with Crippen LogP contribution in [0.2, 0.25) is 0 Å². The van der Waals surface area contributed by atoms with Crippen molar-refractivity contribution in [3.05, 3.63) is 35.6 Å². The number of carbonyl (C=O) groups is 1. The fourth-order valence-corrected chi connectivity index (χ4v) is 3.07. The van der Waals surface area contributed by atoms with Gasteiger partial charge < -0.3 is 10.2 Å². The summed E-state index contributed by atoms with van der Waals surface area (Å²) in [5.41, 5.74) is 0.965. The maximum atomic E-state index is 13.1. The Bertz CT molecular complexity index is 501. The largest absolute Gasteiger partial charge is 0.339 e. The number of nitrogens with zero attached hydrogens (tertiary/aromatic N) is 1. The molecule has 0 unspecified atom stereocenters. The van der Waals surface area contributed by atoms with Gasteiger partial charge in [0.2, 0.25) is 5.91 Å². The monoisotopic (exact) mass is 290 g/mol. The third kappa shape index (κ3) is 4.03. The molecule has 0 spiro atoms. The Morgan fingerprint density at radius 3 is 2.90 bits per heavy atom. The van der Waals surface area contributed by atoms with Crippen molar-refractivity contribution in [2.75, 3.05) is 13.1 Å². The van der Waals surface area contributed by atoms with E-state index in [0.29, 0.717) is 24.9 Å². The van der Waals surface area contributed by atoms with Crippen molar-refractivity contribution in [2.45, 2.75) is 44.7 Å². The molecule has 1 aliphatic heterocycles. The molecule has 1 atom stereocenters. The number of carbonyl (C=O) groups excluding carboxylic acids is 1. The van der Waals surface area contributed by atoms with E-state index in [1.54, 1.807) is 12.1 Å². The number of benzene rings is 1. The van der Waals surface area contributed by atoms with Crippen LogP contribution >= 0.6 is 0 Å². The molecule has 3 nitrogen and oxygen atoms in total. The highest BCUT2D eigenvalue weighted by Gasteiger charge is 2.34. The molecule has 21 heavy (non-hydrogen) atoms. The first-order valence-electron chi connectivity index (χ1n) is 7.97. The zero-order chi connectivity index (χ0) is 14.7. The maximum Gasteiger partial charge on any atom is 0.222 e. The van der Waals surface area contributed by atoms with E-state index in [4.69, 9.17) is 0 Å². The van der Waals surface area contributed by atoms with Crippen molar-refractivity contribution >= 4 is 5.91 Å². The van der Waals surface area contributed by atoms with Crippen molar-refractivity contribution in [3.63, 3.8) is 0 Å². The zero-order valence-electron chi connectivity index (χ0n) is 12.4. The Kier molecular flexibility index (Phi) is 4.54. The van der Waals surface area contributed by atoms with Gasteiger partial charge in [0.25, 0.3) is 0 Å². The average Bonchev–Trinajstić information content (AvgIpc) is 3.22. The predicted molar refractivity (Wildman–Crippen MR) is 80.2 cm³/mol. The molecule has 1 saturated carbocycles. The third-order valence-corrected chi connectivity index (χ3v) is 4.48. The number of hydrogen-bond acceptors (Lipinski definition) is 2. The highest BCUT2D eigenvalue weighted by Crippen LogP contribution is 2.33. The number of nitrogens with one attached hydrogen (secondary N) is 1. The lowest BCUT2D eigenvalue weighted by Gasteiger charge is -2.25. The Morgan fingerprint density at radius 1 is 1.29 bits per heavy atom. The van der Waals surface area contributed by atoms with Gasteiger partial charge in [-0.3, -0.25) is 4.79 Å². The lowest BCUT2D eigenvalue weighted by Crippen LogP contribution is -2.36. The van der Waals surface area contributed by atoms with E-state index >= 15 is 0 Å². The van der Waals surface area contributed by atoms with Crippen LogP contribution < -0.4 is 5.32 Å². The van der Waals surface area contributed by atoms with E-state index in [1.807, 2.05) is 6.07 Å². The standard InChI is InChI=1S/C17H23FN2O/c18-15-3-1-2-14(10-15)11-19-9-8-16-6-7-17(21)20(16)12-13-4-5-13/h1-3,10,13,16,19H,4-9,11-12H2/t16-/m1/s1. The van der Waals surface area contributed by atoms with Gasteiger partial charge in [0.15, 0.2) is 0 Å². The van der Waals surface area contributed by atoms with E-state index in [2.05, 4.69) is 10.2 Å². The molecule has 1 N–H and O–H groups in total. The van der Waals surface area contributed by atoms with Crippen molar-refractivity contribution < 1.29 is 9.18 Å². The number of hydrogen-bond donors (Lipinski definition) is 1. The number of halogens is 1. The topological polar surface area (TPSA) is 32.3 Å². The summed E-state index contributed by atoms with van der Waals surface area (Å²) < 4.78 is 13.1. The number of amides is 1. The molecule has 0 radical (unpaired) electrons. The van der Waals surface area contributed by atoms with E-state index in [9.17, 15) is 9.18 Å². The Morgan fingerprint density at radius 2 is 2.14 bits per heavy atom. The van der Waals surface area contributed by atoms with Gasteiger partial charge in [-0.15, -0.1) is 0 Å². The minimum atomic E-state index is -0.189. The van der Waals surface area contributed by atoms with Gasteiger partial charge in [-0.25, -0.2) is 4.39 Å². The van der Waals surface area contributed by atoms with Crippen LogP contribution in [0.25, 0.3) is 0 Å². The van der Waals surface area contributed by atoms with Gasteiger partial charge in [0.1, 0.15) is 5.82 Å². The van der Waals surface area contributed by atoms with Crippen LogP contribution in [0.1, 0.15) is 37.7 Å². The molecule has 0 aromatic heterocycles. The van der Waals surface area contributed by atoms with Gasteiger partial charge in [0, 0.05) is 25.6 Å². The molecule has 1 heterocycles. The van der Waals surface area contributed by atoms with E-state index < -0.39 is 0 Å². The minimum Gasteiger partial charge on any atom is -0.339 e. The second-order valence-corrected chi connectivity index (χ2v) is 6.28. The van der Waals surface area contributed by atoms with Crippen LogP contribution in [0.3, 0.4) is 0 Å². The molecule has 1 amide bonds. The summed E-state index contributed by atoms with van der Waals surface area (Å²) in [6.45, 7) is 2.52. The summed E-state index contributed by atoms with van der Waals surface area (Å²) in [6, 6.07) is 7.08. The van der Waals surface area contributed by atoms with Crippen LogP contribution in [-0.2, 0) is 11.3 Å². The Labute approximate surface area is 125 Å². The molecule has 1 saturated heterocycles. The smallest absolute Gasteiger partial charge is 0.222 e. The molecule has 2 aliphatic rings. The van der Waals surface area contributed by atoms with Crippen LogP contribution in [-0.4, -0.2) is 29.9 Å². The molecule has 3 rings (SSSR count). The highest BCUT2D eigenvalue weighted by atomic mass is 19.1. The predicted octanol–water partition coefficient (Wildman–Crippen LogP) is 2.71. The molecular formula is C17H23FN2O. The summed E-state index contributed by atoms with van der Waals surface area (Å²) in [5, 5.41) is 3.36. The van der Waals surface area contributed by atoms with Crippen molar-refractivity contribution in [3.8, 4) is 0 Å². The highest BCUT2D eigenvalue weighted by molar-refractivity contribution is 5.78. The van der Waals surface area contributed by atoms with Crippen LogP contribution in [0, 0.1) is 11.7 Å². The van der Waals surface area contributed by atoms with Crippen molar-refractivity contribution in [1.82, 2.24) is 10.2 Å². The van der Waals surface area contributed by atoms with Gasteiger partial charge in [-0.1, -0.05) is 12.1 Å². The van der Waals surface area contributed by atoms with Crippen molar-refractivity contribution in [1.29, 1.82) is 0 Å². The quantitative estimate of drug-likeness (QED) is 0.783. The van der Waals surface area contributed by atoms with E-state index in [-0.39, 0.29) is 5.82 Å². The molecule has 1 aromatic rings. The second kappa shape index (κ2) is 6.56. The minimum absolute atomic E-state index is 0.189. The van der Waals surface area contributed by atoms with Crippen LogP contribution in [0.5, 0.6) is 0 Å². The average molecular weight is 290 g/mol. The van der Waals surface area contributed by atoms with E-state index in [0.717, 1.165) is 37.4 Å². The first-order chi connectivity index (χ1) is 10.2. The molecule has 4 heteroatoms. The van der Waals surface area contributed by atoms with Gasteiger partial charge >= 0.3 is 0 Å². The second-order valence-electron chi connectivity index (χ2n) is 6.28. The van der Waals surface area contributed by atoms with E-state index in [1.165, 1.54) is 18.9 Å². The summed E-state index contributed by atoms with van der Waals surface area (Å²) in [4.78, 5) is 14.0. The first kappa shape index (κ1) is 14.5. The summed E-state index contributed by atoms with van der Waals surface area (Å²) in [6.07, 6.45) is 5.27. The molecule has 2 fully saturated rings. The Balaban J connectivity index is 1.41. The maximum absolute atomic E-state index is 13.1. The number of rotatable bonds is 7. The lowest BCUT2D eigenvalue weighted by molar-refractivity contribution is -0.129. The van der Waals surface area contributed by atoms with Crippen molar-refractivity contribution in [2.24, 2.45) is 5.92 Å². The van der Waals surface area contributed by atoms with Crippen LogP contribution in [0.15, 0.2) is 24.3 Å². The van der Waals surface area contributed by atoms with Gasteiger partial charge in [-0.2, -0.15) is 0 Å². The van der Waals surface area contributed by atoms with Crippen LogP contribution in [0.4, 0.5) is 4.39 Å². The fourth-order valence-electron chi connectivity index (χ4n) is 3.07. The third-order valence-electron chi connectivity index (χ3n) is 4.48. The molecule has 1 aliphatic carbocycles. The summed E-state index contributed by atoms with van der Waals surface area (Å²) in [7, 11) is 0. The normalized spacial score (nSPS) is 22.0. The molecule has 1 aromatic carbocycles. The zero-order valence-corrected chi connectivity index (χ0v) is 12.4. The summed E-state index contributed by atoms with van der Waals surface area (Å²) in [5.74, 6) is 0.901. The molecule has 114 valence electrons. The molecule has 0 bridgehead atoms. The summed E-state index contributed by atoms with van der Waals surface area (Å²) >= 11 is 0. The SMILES string of the molecule is O=C1CC[C@H](CCNCc2cccc(F)c2)N1CC1CC1. The number of likely N-dealkylation sites (tertiary alicyclic amines) is 1.